The summed E-state index contributed by atoms with van der Waals surface area (Å²) in [4.78, 5) is 2.65. The Morgan fingerprint density at radius 1 is 1.46 bits per heavy atom. The molecule has 2 saturated heterocycles. The topological polar surface area (TPSA) is 15.3 Å². The number of nitrogens with zero attached hydrogens (tertiary/aromatic N) is 1. The first-order valence-electron chi connectivity index (χ1n) is 5.47. The van der Waals surface area contributed by atoms with Gasteiger partial charge in [-0.1, -0.05) is 6.08 Å². The van der Waals surface area contributed by atoms with E-state index in [-0.39, 0.29) is 0 Å². The molecular weight excluding hydrogens is 160 g/mol. The number of piperidine rings is 1. The average Bonchev–Trinajstić information content (AvgIpc) is 2.62. The summed E-state index contributed by atoms with van der Waals surface area (Å²) < 4.78 is 0. The molecule has 0 amide bonds. The fourth-order valence-corrected chi connectivity index (χ4v) is 2.70. The average molecular weight is 180 g/mol. The van der Waals surface area contributed by atoms with Crippen LogP contribution in [0.2, 0.25) is 0 Å². The molecule has 0 aromatic carbocycles. The molecule has 2 unspecified atom stereocenters. The second kappa shape index (κ2) is 4.25. The molecule has 2 nitrogen and oxygen atoms in total. The van der Waals surface area contributed by atoms with Gasteiger partial charge in [-0.05, 0) is 38.3 Å². The third kappa shape index (κ3) is 1.94. The van der Waals surface area contributed by atoms with Crippen LogP contribution in [0.1, 0.15) is 19.3 Å². The van der Waals surface area contributed by atoms with Crippen LogP contribution in [0.15, 0.2) is 12.7 Å². The summed E-state index contributed by atoms with van der Waals surface area (Å²) in [6.07, 6.45) is 6.00. The van der Waals surface area contributed by atoms with Crippen LogP contribution in [0.3, 0.4) is 0 Å². The zero-order valence-electron chi connectivity index (χ0n) is 8.34. The molecule has 2 aliphatic rings. The van der Waals surface area contributed by atoms with Crippen LogP contribution in [-0.4, -0.2) is 37.1 Å². The zero-order valence-corrected chi connectivity index (χ0v) is 8.34. The fraction of sp³-hybridized carbons (Fsp3) is 0.818. The van der Waals surface area contributed by atoms with Crippen molar-refractivity contribution in [2.45, 2.75) is 25.3 Å². The zero-order chi connectivity index (χ0) is 9.10. The lowest BCUT2D eigenvalue weighted by Gasteiger charge is -2.36. The summed E-state index contributed by atoms with van der Waals surface area (Å²) in [6.45, 7) is 8.76. The van der Waals surface area contributed by atoms with Gasteiger partial charge in [0.05, 0.1) is 0 Å². The highest BCUT2D eigenvalue weighted by molar-refractivity contribution is 4.92. The quantitative estimate of drug-likeness (QED) is 0.658. The summed E-state index contributed by atoms with van der Waals surface area (Å²) in [6, 6.07) is 0.827. The number of nitrogens with one attached hydrogen (secondary N) is 1. The van der Waals surface area contributed by atoms with Gasteiger partial charge in [0.25, 0.3) is 0 Å². The van der Waals surface area contributed by atoms with Crippen LogP contribution in [0, 0.1) is 5.92 Å². The molecule has 0 spiro atoms. The number of rotatable bonds is 3. The number of fused-ring (bicyclic) bond motifs is 1. The summed E-state index contributed by atoms with van der Waals surface area (Å²) in [5.41, 5.74) is 0. The van der Waals surface area contributed by atoms with Crippen molar-refractivity contribution in [1.29, 1.82) is 0 Å². The highest BCUT2D eigenvalue weighted by atomic mass is 15.2. The van der Waals surface area contributed by atoms with E-state index >= 15 is 0 Å². The molecule has 2 aliphatic heterocycles. The standard InChI is InChI=1S/C11H20N2/c1-2-3-6-13-7-4-5-10-8-12-9-11(10)13/h2,10-12H,1,3-9H2. The Morgan fingerprint density at radius 3 is 3.23 bits per heavy atom. The molecular formula is C11H20N2. The molecule has 2 atom stereocenters. The maximum absolute atomic E-state index is 3.79. The third-order valence-corrected chi connectivity index (χ3v) is 3.41. The van der Waals surface area contributed by atoms with Crippen molar-refractivity contribution >= 4 is 0 Å². The van der Waals surface area contributed by atoms with Gasteiger partial charge in [-0.25, -0.2) is 0 Å². The van der Waals surface area contributed by atoms with E-state index in [1.807, 2.05) is 6.08 Å². The second-order valence-electron chi connectivity index (χ2n) is 4.24. The maximum atomic E-state index is 3.79. The summed E-state index contributed by atoms with van der Waals surface area (Å²) in [5.74, 6) is 0.929. The predicted octanol–water partition coefficient (Wildman–Crippen LogP) is 1.25. The van der Waals surface area contributed by atoms with E-state index in [9.17, 15) is 0 Å². The number of hydrogen-bond donors (Lipinski definition) is 1. The van der Waals surface area contributed by atoms with Gasteiger partial charge < -0.3 is 5.32 Å². The van der Waals surface area contributed by atoms with Crippen LogP contribution >= 0.6 is 0 Å². The predicted molar refractivity (Wildman–Crippen MR) is 55.8 cm³/mol. The molecule has 0 aliphatic carbocycles. The molecule has 0 aromatic heterocycles. The van der Waals surface area contributed by atoms with Gasteiger partial charge in [0.15, 0.2) is 0 Å². The van der Waals surface area contributed by atoms with E-state index in [4.69, 9.17) is 0 Å². The van der Waals surface area contributed by atoms with Crippen molar-refractivity contribution in [1.82, 2.24) is 10.2 Å². The van der Waals surface area contributed by atoms with Gasteiger partial charge in [0.1, 0.15) is 0 Å². The number of hydrogen-bond acceptors (Lipinski definition) is 2. The van der Waals surface area contributed by atoms with Gasteiger partial charge in [0, 0.05) is 19.1 Å². The van der Waals surface area contributed by atoms with Crippen LogP contribution in [0.4, 0.5) is 0 Å². The SMILES string of the molecule is C=CCCN1CCCC2CNCC21. The molecule has 2 rings (SSSR count). The molecule has 0 aromatic rings. The minimum absolute atomic E-state index is 0.827. The van der Waals surface area contributed by atoms with E-state index in [0.29, 0.717) is 0 Å². The van der Waals surface area contributed by atoms with E-state index in [0.717, 1.165) is 18.4 Å². The molecule has 74 valence electrons. The summed E-state index contributed by atoms with van der Waals surface area (Å²) in [7, 11) is 0. The molecule has 0 radical (unpaired) electrons. The molecule has 2 heterocycles. The van der Waals surface area contributed by atoms with Crippen molar-refractivity contribution in [2.24, 2.45) is 5.92 Å². The molecule has 1 N–H and O–H groups in total. The second-order valence-corrected chi connectivity index (χ2v) is 4.24. The summed E-state index contributed by atoms with van der Waals surface area (Å²) >= 11 is 0. The fourth-order valence-electron chi connectivity index (χ4n) is 2.70. The van der Waals surface area contributed by atoms with E-state index in [1.165, 1.54) is 39.0 Å². The molecule has 2 fully saturated rings. The molecule has 2 heteroatoms. The van der Waals surface area contributed by atoms with E-state index in [1.54, 1.807) is 0 Å². The minimum atomic E-state index is 0.827. The van der Waals surface area contributed by atoms with Gasteiger partial charge in [0.2, 0.25) is 0 Å². The van der Waals surface area contributed by atoms with Crippen molar-refractivity contribution in [3.63, 3.8) is 0 Å². The molecule has 0 bridgehead atoms. The first-order chi connectivity index (χ1) is 6.42. The van der Waals surface area contributed by atoms with E-state index < -0.39 is 0 Å². The van der Waals surface area contributed by atoms with Gasteiger partial charge >= 0.3 is 0 Å². The van der Waals surface area contributed by atoms with Crippen LogP contribution < -0.4 is 5.32 Å². The first kappa shape index (κ1) is 9.22. The Bertz CT molecular complexity index is 179. The van der Waals surface area contributed by atoms with Crippen LogP contribution in [0.25, 0.3) is 0 Å². The largest absolute Gasteiger partial charge is 0.315 e. The highest BCUT2D eigenvalue weighted by Gasteiger charge is 2.34. The van der Waals surface area contributed by atoms with Gasteiger partial charge in [-0.2, -0.15) is 0 Å². The van der Waals surface area contributed by atoms with E-state index in [2.05, 4.69) is 16.8 Å². The molecule has 13 heavy (non-hydrogen) atoms. The van der Waals surface area contributed by atoms with Crippen LogP contribution in [-0.2, 0) is 0 Å². The maximum Gasteiger partial charge on any atom is 0.0261 e. The first-order valence-corrected chi connectivity index (χ1v) is 5.47. The Hall–Kier alpha value is -0.340. The summed E-state index contributed by atoms with van der Waals surface area (Å²) in [5, 5.41) is 3.50. The highest BCUT2D eigenvalue weighted by Crippen LogP contribution is 2.26. The van der Waals surface area contributed by atoms with Crippen molar-refractivity contribution in [2.75, 3.05) is 26.2 Å². The van der Waals surface area contributed by atoms with Crippen molar-refractivity contribution < 1.29 is 0 Å². The smallest absolute Gasteiger partial charge is 0.0261 e. The Labute approximate surface area is 81.0 Å². The van der Waals surface area contributed by atoms with Crippen molar-refractivity contribution in [3.8, 4) is 0 Å². The van der Waals surface area contributed by atoms with Crippen LogP contribution in [0.5, 0.6) is 0 Å². The Balaban J connectivity index is 1.89. The van der Waals surface area contributed by atoms with Gasteiger partial charge in [-0.3, -0.25) is 4.90 Å². The Morgan fingerprint density at radius 2 is 2.38 bits per heavy atom. The molecule has 0 saturated carbocycles. The lowest BCUT2D eigenvalue weighted by atomic mass is 9.92. The third-order valence-electron chi connectivity index (χ3n) is 3.41. The Kier molecular flexibility index (Phi) is 3.01. The lowest BCUT2D eigenvalue weighted by Crippen LogP contribution is -2.45. The van der Waals surface area contributed by atoms with Crippen molar-refractivity contribution in [3.05, 3.63) is 12.7 Å². The number of likely N-dealkylation sites (tertiary alicyclic amines) is 1. The minimum Gasteiger partial charge on any atom is -0.315 e. The normalized spacial score (nSPS) is 34.5. The van der Waals surface area contributed by atoms with Gasteiger partial charge in [-0.15, -0.1) is 6.58 Å². The monoisotopic (exact) mass is 180 g/mol. The lowest BCUT2D eigenvalue weighted by molar-refractivity contribution is 0.127.